The summed E-state index contributed by atoms with van der Waals surface area (Å²) < 4.78 is 5.08. The van der Waals surface area contributed by atoms with Crippen LogP contribution < -0.4 is 0 Å². The molecule has 4 nitrogen and oxygen atoms in total. The average Bonchev–Trinajstić information content (AvgIpc) is 3.77. The molecule has 6 heteroatoms. The molecule has 0 atom stereocenters. The zero-order valence-electron chi connectivity index (χ0n) is 26.6. The van der Waals surface area contributed by atoms with Crippen molar-refractivity contribution in [3.63, 3.8) is 0 Å². The van der Waals surface area contributed by atoms with E-state index in [1.54, 1.807) is 0 Å². The van der Waals surface area contributed by atoms with E-state index in [-0.39, 0.29) is 0 Å². The fourth-order valence-corrected chi connectivity index (χ4v) is 9.17. The van der Waals surface area contributed by atoms with Crippen molar-refractivity contribution in [3.05, 3.63) is 158 Å². The van der Waals surface area contributed by atoms with E-state index >= 15 is 0 Å². The van der Waals surface area contributed by atoms with E-state index in [2.05, 4.69) is 121 Å². The molecule has 0 aliphatic heterocycles. The van der Waals surface area contributed by atoms with Crippen molar-refractivity contribution in [2.45, 2.75) is 0 Å². The number of hydrogen-bond acceptors (Lipinski definition) is 6. The van der Waals surface area contributed by atoms with Crippen LogP contribution in [-0.2, 0) is 0 Å². The molecule has 0 unspecified atom stereocenters. The molecule has 0 spiro atoms. The Morgan fingerprint density at radius 2 is 0.740 bits per heavy atom. The Labute approximate surface area is 296 Å². The van der Waals surface area contributed by atoms with Crippen molar-refractivity contribution in [1.82, 2.24) is 19.9 Å². The van der Waals surface area contributed by atoms with Gasteiger partial charge in [-0.25, -0.2) is 19.9 Å². The van der Waals surface area contributed by atoms with Gasteiger partial charge in [0.2, 0.25) is 0 Å². The number of hydrogen-bond donors (Lipinski definition) is 0. The standard InChI is InChI=1S/C44H26N4S2/c1-3-11-27(12-4-1)28-19-23-31(24-20-28)43-46-42(30-13-5-2-6-14-30)47-44(48-43)32-25-21-29(22-26-32)38-37-33-15-7-9-17-35(33)49-40(37)41-39(45-38)34-16-8-10-18-36(34)50-41/h1-26H. The molecule has 10 rings (SSSR count). The van der Waals surface area contributed by atoms with Gasteiger partial charge in [0, 0.05) is 47.8 Å². The largest absolute Gasteiger partial charge is 0.245 e. The molecule has 6 aromatic carbocycles. The van der Waals surface area contributed by atoms with Gasteiger partial charge in [-0.15, -0.1) is 22.7 Å². The highest BCUT2D eigenvalue weighted by molar-refractivity contribution is 7.33. The van der Waals surface area contributed by atoms with Gasteiger partial charge < -0.3 is 0 Å². The third-order valence-corrected chi connectivity index (χ3v) is 11.7. The van der Waals surface area contributed by atoms with E-state index < -0.39 is 0 Å². The second-order valence-electron chi connectivity index (χ2n) is 12.2. The zero-order chi connectivity index (χ0) is 33.0. The Balaban J connectivity index is 1.11. The minimum Gasteiger partial charge on any atom is -0.245 e. The molecule has 0 saturated heterocycles. The molecule has 4 heterocycles. The van der Waals surface area contributed by atoms with E-state index in [0.717, 1.165) is 39.0 Å². The predicted octanol–water partition coefficient (Wildman–Crippen LogP) is 12.3. The highest BCUT2D eigenvalue weighted by atomic mass is 32.1. The van der Waals surface area contributed by atoms with Crippen LogP contribution in [0.1, 0.15) is 0 Å². The lowest BCUT2D eigenvalue weighted by molar-refractivity contribution is 1.07. The maximum atomic E-state index is 5.40. The number of thiophene rings is 2. The first kappa shape index (κ1) is 28.9. The van der Waals surface area contributed by atoms with Crippen molar-refractivity contribution in [1.29, 1.82) is 0 Å². The maximum absolute atomic E-state index is 5.40. The van der Waals surface area contributed by atoms with Gasteiger partial charge in [-0.1, -0.05) is 146 Å². The monoisotopic (exact) mass is 674 g/mol. The third-order valence-electron chi connectivity index (χ3n) is 9.17. The molecule has 0 bridgehead atoms. The van der Waals surface area contributed by atoms with Crippen LogP contribution in [0.4, 0.5) is 0 Å². The van der Waals surface area contributed by atoms with Crippen LogP contribution in [0.5, 0.6) is 0 Å². The van der Waals surface area contributed by atoms with Gasteiger partial charge in [-0.05, 0) is 23.3 Å². The first-order valence-corrected chi connectivity index (χ1v) is 18.1. The van der Waals surface area contributed by atoms with E-state index in [1.165, 1.54) is 40.5 Å². The van der Waals surface area contributed by atoms with Gasteiger partial charge in [-0.3, -0.25) is 0 Å². The Morgan fingerprint density at radius 1 is 0.320 bits per heavy atom. The zero-order valence-corrected chi connectivity index (χ0v) is 28.2. The topological polar surface area (TPSA) is 51.6 Å². The smallest absolute Gasteiger partial charge is 0.164 e. The van der Waals surface area contributed by atoms with Crippen molar-refractivity contribution in [2.75, 3.05) is 0 Å². The van der Waals surface area contributed by atoms with Gasteiger partial charge in [0.05, 0.1) is 20.6 Å². The number of aromatic nitrogens is 4. The molecule has 0 amide bonds. The second kappa shape index (κ2) is 11.8. The quantitative estimate of drug-likeness (QED) is 0.182. The van der Waals surface area contributed by atoms with Gasteiger partial charge in [0.15, 0.2) is 17.5 Å². The van der Waals surface area contributed by atoms with Gasteiger partial charge >= 0.3 is 0 Å². The Morgan fingerprint density at radius 3 is 1.36 bits per heavy atom. The number of nitrogens with zero attached hydrogens (tertiary/aromatic N) is 4. The van der Waals surface area contributed by atoms with Gasteiger partial charge in [0.25, 0.3) is 0 Å². The minimum atomic E-state index is 0.630. The predicted molar refractivity (Wildman–Crippen MR) is 211 cm³/mol. The van der Waals surface area contributed by atoms with E-state index in [1.807, 2.05) is 59.1 Å². The fourth-order valence-electron chi connectivity index (χ4n) is 6.68. The lowest BCUT2D eigenvalue weighted by Gasteiger charge is -2.10. The lowest BCUT2D eigenvalue weighted by atomic mass is 10.0. The lowest BCUT2D eigenvalue weighted by Crippen LogP contribution is -2.00. The van der Waals surface area contributed by atoms with Crippen LogP contribution in [-0.4, -0.2) is 19.9 Å². The van der Waals surface area contributed by atoms with Crippen LogP contribution in [0, 0.1) is 0 Å². The second-order valence-corrected chi connectivity index (χ2v) is 14.3. The summed E-state index contributed by atoms with van der Waals surface area (Å²) in [5.41, 5.74) is 8.26. The molecule has 0 N–H and O–H groups in total. The first-order chi connectivity index (χ1) is 24.8. The maximum Gasteiger partial charge on any atom is 0.164 e. The molecule has 0 aliphatic carbocycles. The Bertz CT molecular complexity index is 2840. The molecule has 0 fully saturated rings. The molecule has 0 radical (unpaired) electrons. The summed E-state index contributed by atoms with van der Waals surface area (Å²) in [6, 6.07) is 54.7. The van der Waals surface area contributed by atoms with Crippen molar-refractivity contribution in [2.24, 2.45) is 0 Å². The number of rotatable bonds is 5. The minimum absolute atomic E-state index is 0.630. The SMILES string of the molecule is c1ccc(-c2ccc(-c3nc(-c4ccccc4)nc(-c4ccc(-c5nc6c7ccccc7sc6c6sc7ccccc7c56)cc4)n3)cc2)cc1. The van der Waals surface area contributed by atoms with Crippen LogP contribution in [0.15, 0.2) is 158 Å². The number of pyridine rings is 1. The van der Waals surface area contributed by atoms with Crippen molar-refractivity contribution < 1.29 is 0 Å². The first-order valence-electron chi connectivity index (χ1n) is 16.5. The van der Waals surface area contributed by atoms with Crippen molar-refractivity contribution >= 4 is 63.1 Å². The van der Waals surface area contributed by atoms with E-state index in [0.29, 0.717) is 17.5 Å². The molecular formula is C44H26N4S2. The molecule has 4 aromatic heterocycles. The Hall–Kier alpha value is -6.08. The molecular weight excluding hydrogens is 649 g/mol. The van der Waals surface area contributed by atoms with Gasteiger partial charge in [0.1, 0.15) is 0 Å². The molecule has 10 aromatic rings. The highest BCUT2D eigenvalue weighted by Crippen LogP contribution is 2.47. The van der Waals surface area contributed by atoms with E-state index in [4.69, 9.17) is 19.9 Å². The van der Waals surface area contributed by atoms with E-state index in [9.17, 15) is 0 Å². The summed E-state index contributed by atoms with van der Waals surface area (Å²) in [4.78, 5) is 20.3. The molecule has 50 heavy (non-hydrogen) atoms. The third kappa shape index (κ3) is 4.88. The number of benzene rings is 6. The van der Waals surface area contributed by atoms with Crippen molar-refractivity contribution in [3.8, 4) is 56.5 Å². The summed E-state index contributed by atoms with van der Waals surface area (Å²) in [5.74, 6) is 1.91. The Kier molecular flexibility index (Phi) is 6.82. The summed E-state index contributed by atoms with van der Waals surface area (Å²) >= 11 is 3.69. The molecule has 234 valence electrons. The normalized spacial score (nSPS) is 11.6. The summed E-state index contributed by atoms with van der Waals surface area (Å²) in [6.07, 6.45) is 0. The van der Waals surface area contributed by atoms with Crippen LogP contribution in [0.25, 0.3) is 97.0 Å². The average molecular weight is 675 g/mol. The van der Waals surface area contributed by atoms with Crippen LogP contribution in [0.2, 0.25) is 0 Å². The van der Waals surface area contributed by atoms with Gasteiger partial charge in [-0.2, -0.15) is 0 Å². The van der Waals surface area contributed by atoms with Crippen LogP contribution >= 0.6 is 22.7 Å². The highest BCUT2D eigenvalue weighted by Gasteiger charge is 2.20. The van der Waals surface area contributed by atoms with Crippen LogP contribution in [0.3, 0.4) is 0 Å². The molecule has 0 aliphatic rings. The molecule has 0 saturated carbocycles. The summed E-state index contributed by atoms with van der Waals surface area (Å²) in [6.45, 7) is 0. The summed E-state index contributed by atoms with van der Waals surface area (Å²) in [5, 5.41) is 3.66. The number of fused-ring (bicyclic) bond motifs is 7. The summed E-state index contributed by atoms with van der Waals surface area (Å²) in [7, 11) is 0. The fraction of sp³-hybridized carbons (Fsp3) is 0.